The Bertz CT molecular complexity index is 1640. The van der Waals surface area contributed by atoms with E-state index in [1.165, 1.54) is 0 Å². The molecule has 9 nitrogen and oxygen atoms in total. The number of aryl methyl sites for hydroxylation is 1. The third-order valence-corrected chi connectivity index (χ3v) is 15.4. The highest BCUT2D eigenvalue weighted by molar-refractivity contribution is 6.74. The maximum Gasteiger partial charge on any atom is 0.411 e. The number of rotatable bonds is 12. The maximum atomic E-state index is 13.2. The van der Waals surface area contributed by atoms with Crippen LogP contribution in [0.15, 0.2) is 66.7 Å². The number of hydrogen-bond acceptors (Lipinski definition) is 7. The number of piperidine rings is 1. The van der Waals surface area contributed by atoms with Crippen molar-refractivity contribution in [3.63, 3.8) is 0 Å². The Morgan fingerprint density at radius 1 is 0.959 bits per heavy atom. The van der Waals surface area contributed by atoms with Gasteiger partial charge in [0.1, 0.15) is 24.1 Å². The van der Waals surface area contributed by atoms with Crippen molar-refractivity contribution in [3.05, 3.63) is 77.9 Å². The topological polar surface area (TPSA) is 102 Å². The first-order valence-corrected chi connectivity index (χ1v) is 20.4. The van der Waals surface area contributed by atoms with E-state index in [0.717, 1.165) is 35.1 Å². The smallest absolute Gasteiger partial charge is 0.411 e. The van der Waals surface area contributed by atoms with Crippen molar-refractivity contribution in [3.8, 4) is 16.9 Å². The molecule has 3 aromatic carbocycles. The minimum Gasteiger partial charge on any atom is -0.496 e. The Morgan fingerprint density at radius 3 is 2.35 bits per heavy atom. The van der Waals surface area contributed by atoms with Gasteiger partial charge in [-0.15, -0.1) is 0 Å². The summed E-state index contributed by atoms with van der Waals surface area (Å²) in [6.07, 6.45) is 3.27. The van der Waals surface area contributed by atoms with Crippen molar-refractivity contribution < 1.29 is 28.2 Å². The summed E-state index contributed by atoms with van der Waals surface area (Å²) in [5.41, 5.74) is 5.31. The summed E-state index contributed by atoms with van der Waals surface area (Å²) < 4.78 is 23.8. The van der Waals surface area contributed by atoms with E-state index in [-0.39, 0.29) is 29.3 Å². The number of ether oxygens (including phenoxy) is 3. The monoisotopic (exact) mass is 685 g/mol. The van der Waals surface area contributed by atoms with Gasteiger partial charge in [0.05, 0.1) is 19.4 Å². The fourth-order valence-electron chi connectivity index (χ4n) is 6.90. The number of fused-ring (bicyclic) bond motifs is 5. The Labute approximate surface area is 291 Å². The average Bonchev–Trinajstić information content (AvgIpc) is 3.82. The van der Waals surface area contributed by atoms with Gasteiger partial charge >= 0.3 is 6.09 Å². The molecule has 262 valence electrons. The fourth-order valence-corrected chi connectivity index (χ4v) is 7.85. The molecular formula is C39H51N3O6Si. The quantitative estimate of drug-likeness (QED) is 0.147. The number of benzene rings is 3. The zero-order chi connectivity index (χ0) is 34.9. The van der Waals surface area contributed by atoms with Gasteiger partial charge in [0.25, 0.3) is 0 Å². The first kappa shape index (κ1) is 35.1. The Hall–Kier alpha value is -3.70. The van der Waals surface area contributed by atoms with E-state index in [2.05, 4.69) is 62.5 Å². The number of anilines is 2. The molecule has 0 radical (unpaired) electrons. The molecule has 3 saturated heterocycles. The van der Waals surface area contributed by atoms with Gasteiger partial charge in [-0.25, -0.2) is 4.79 Å². The molecule has 0 aromatic heterocycles. The molecule has 2 bridgehead atoms. The van der Waals surface area contributed by atoms with E-state index in [4.69, 9.17) is 18.6 Å². The number of likely N-dealkylation sites (N-methyl/N-ethyl adjacent to an activating group) is 1. The number of nitrogens with zero attached hydrogens (tertiary/aromatic N) is 1. The fraction of sp³-hybridized carbons (Fsp3) is 0.487. The van der Waals surface area contributed by atoms with Gasteiger partial charge in [0.15, 0.2) is 8.32 Å². The Balaban J connectivity index is 1.04. The van der Waals surface area contributed by atoms with Crippen LogP contribution in [0.2, 0.25) is 18.1 Å². The minimum atomic E-state index is -1.91. The highest BCUT2D eigenvalue weighted by Gasteiger charge is 2.62. The number of carbonyl (C=O) groups is 2. The largest absolute Gasteiger partial charge is 0.496 e. The maximum absolute atomic E-state index is 13.2. The van der Waals surface area contributed by atoms with Crippen molar-refractivity contribution in [1.82, 2.24) is 4.90 Å². The second-order valence-corrected chi connectivity index (χ2v) is 20.0. The molecule has 4 atom stereocenters. The number of amides is 2. The van der Waals surface area contributed by atoms with E-state index in [9.17, 15) is 9.59 Å². The van der Waals surface area contributed by atoms with E-state index in [1.807, 2.05) is 60.7 Å². The highest BCUT2D eigenvalue weighted by Crippen LogP contribution is 2.48. The van der Waals surface area contributed by atoms with Crippen molar-refractivity contribution in [2.75, 3.05) is 24.8 Å². The van der Waals surface area contributed by atoms with E-state index >= 15 is 0 Å². The molecule has 0 aliphatic carbocycles. The Morgan fingerprint density at radius 2 is 1.67 bits per heavy atom. The van der Waals surface area contributed by atoms with Crippen LogP contribution in [0.1, 0.15) is 57.6 Å². The van der Waals surface area contributed by atoms with Crippen LogP contribution in [-0.4, -0.2) is 69.8 Å². The molecule has 2 amide bonds. The lowest BCUT2D eigenvalue weighted by atomic mass is 9.99. The van der Waals surface area contributed by atoms with Gasteiger partial charge in [0, 0.05) is 54.2 Å². The van der Waals surface area contributed by atoms with Gasteiger partial charge in [-0.05, 0) is 61.3 Å². The summed E-state index contributed by atoms with van der Waals surface area (Å²) in [5.74, 6) is 0.632. The first-order valence-electron chi connectivity index (χ1n) is 17.5. The molecule has 4 unspecified atom stereocenters. The minimum absolute atomic E-state index is 0.0645. The molecule has 3 aliphatic rings. The molecular weight excluding hydrogens is 635 g/mol. The highest BCUT2D eigenvalue weighted by atomic mass is 28.4. The summed E-state index contributed by atoms with van der Waals surface area (Å²) in [4.78, 5) is 28.5. The van der Waals surface area contributed by atoms with Gasteiger partial charge in [-0.2, -0.15) is 0 Å². The van der Waals surface area contributed by atoms with Crippen LogP contribution in [0, 0.1) is 0 Å². The van der Waals surface area contributed by atoms with Crippen LogP contribution in [0.5, 0.6) is 5.75 Å². The van der Waals surface area contributed by atoms with E-state index in [0.29, 0.717) is 55.1 Å². The van der Waals surface area contributed by atoms with Crippen LogP contribution in [0.25, 0.3) is 11.1 Å². The standard InChI is InChI=1S/C39H51N3O6Si/c1-39(2,3)49(6,7)46-24-27-17-18-28(21-34(27)45-5)40-35(43)15-11-12-25-16-19-30(26-13-9-8-10-14-26)31(20-25)41-38(44)47-29-22-32-36-37(48-36)33(23-29)42(32)4/h8-10,13-14,16-21,29,32-33,36-37H,11-12,15,22-24H2,1-7H3,(H,40,43)(H,41,44). The van der Waals surface area contributed by atoms with Gasteiger partial charge in [0.2, 0.25) is 5.91 Å². The van der Waals surface area contributed by atoms with Crippen molar-refractivity contribution in [1.29, 1.82) is 0 Å². The van der Waals surface area contributed by atoms with Gasteiger partial charge < -0.3 is 24.0 Å². The third kappa shape index (κ3) is 8.04. The number of morpholine rings is 1. The molecule has 6 rings (SSSR count). The van der Waals surface area contributed by atoms with Crippen LogP contribution in [-0.2, 0) is 31.7 Å². The number of carbonyl (C=O) groups excluding carboxylic acids is 2. The number of methoxy groups -OCH3 is 1. The number of epoxide rings is 1. The first-order chi connectivity index (χ1) is 23.3. The second-order valence-electron chi connectivity index (χ2n) is 15.2. The lowest BCUT2D eigenvalue weighted by Gasteiger charge is -2.37. The summed E-state index contributed by atoms with van der Waals surface area (Å²) in [7, 11) is 1.87. The van der Waals surface area contributed by atoms with Crippen LogP contribution in [0.4, 0.5) is 16.2 Å². The molecule has 2 N–H and O–H groups in total. The van der Waals surface area contributed by atoms with Crippen LogP contribution < -0.4 is 15.4 Å². The van der Waals surface area contributed by atoms with Crippen LogP contribution >= 0.6 is 0 Å². The zero-order valence-corrected chi connectivity index (χ0v) is 30.9. The van der Waals surface area contributed by atoms with Gasteiger partial charge in [-0.1, -0.05) is 69.3 Å². The molecule has 3 fully saturated rings. The molecule has 0 saturated carbocycles. The van der Waals surface area contributed by atoms with Crippen LogP contribution in [0.3, 0.4) is 0 Å². The predicted molar refractivity (Wildman–Crippen MR) is 196 cm³/mol. The lowest BCUT2D eigenvalue weighted by Crippen LogP contribution is -2.48. The number of nitrogens with one attached hydrogen (secondary N) is 2. The van der Waals surface area contributed by atoms with Crippen molar-refractivity contribution >= 4 is 31.7 Å². The predicted octanol–water partition coefficient (Wildman–Crippen LogP) is 8.01. The van der Waals surface area contributed by atoms with E-state index < -0.39 is 14.4 Å². The summed E-state index contributed by atoms with van der Waals surface area (Å²) in [6, 6.07) is 22.4. The molecule has 3 aromatic rings. The SMILES string of the molecule is COc1cc(NC(=O)CCCc2ccc(-c3ccccc3)c(NC(=O)OC3CC4C5OC5C(C3)N4C)c2)ccc1CO[Si](C)(C)C(C)(C)C. The van der Waals surface area contributed by atoms with Crippen molar-refractivity contribution in [2.24, 2.45) is 0 Å². The second kappa shape index (κ2) is 14.3. The summed E-state index contributed by atoms with van der Waals surface area (Å²) >= 11 is 0. The zero-order valence-electron chi connectivity index (χ0n) is 29.9. The molecule has 0 spiro atoms. The lowest BCUT2D eigenvalue weighted by molar-refractivity contribution is -0.116. The Kier molecular flexibility index (Phi) is 10.2. The molecule has 3 aliphatic heterocycles. The normalized spacial score (nSPS) is 23.0. The van der Waals surface area contributed by atoms with E-state index in [1.54, 1.807) is 7.11 Å². The number of hydrogen-bond donors (Lipinski definition) is 2. The summed E-state index contributed by atoms with van der Waals surface area (Å²) in [6.45, 7) is 11.6. The summed E-state index contributed by atoms with van der Waals surface area (Å²) in [5, 5.41) is 6.18. The third-order valence-electron chi connectivity index (χ3n) is 10.9. The van der Waals surface area contributed by atoms with Gasteiger partial charge in [-0.3, -0.25) is 15.0 Å². The van der Waals surface area contributed by atoms with Crippen molar-refractivity contribution in [2.45, 2.75) is 108 Å². The average molecular weight is 686 g/mol. The molecule has 49 heavy (non-hydrogen) atoms. The molecule has 3 heterocycles. The molecule has 10 heteroatoms.